The molecule has 1 fully saturated rings. The Morgan fingerprint density at radius 2 is 2.07 bits per heavy atom. The number of hydrogen-bond donors (Lipinski definition) is 1. The van der Waals surface area contributed by atoms with Gasteiger partial charge in [0, 0.05) is 44.6 Å². The van der Waals surface area contributed by atoms with E-state index in [-0.39, 0.29) is 42.6 Å². The molecule has 0 bridgehead atoms. The summed E-state index contributed by atoms with van der Waals surface area (Å²) in [5, 5.41) is 3.83. The first-order valence-electron chi connectivity index (χ1n) is 8.35. The predicted molar refractivity (Wildman–Crippen MR) is 112 cm³/mol. The van der Waals surface area contributed by atoms with Crippen molar-refractivity contribution in [2.24, 2.45) is 7.05 Å². The SMILES string of the molecule is Cl.Cl.Cn1ccnc1C1CNCCN1C(=O)c1cnc(-c2ccccc2F)s1. The zero-order chi connectivity index (χ0) is 18.1. The van der Waals surface area contributed by atoms with Crippen LogP contribution in [0.15, 0.2) is 42.9 Å². The summed E-state index contributed by atoms with van der Waals surface area (Å²) in [6, 6.07) is 6.32. The largest absolute Gasteiger partial charge is 0.336 e. The summed E-state index contributed by atoms with van der Waals surface area (Å²) in [6.45, 7) is 1.96. The van der Waals surface area contributed by atoms with Crippen molar-refractivity contribution in [3.05, 3.63) is 59.4 Å². The molecule has 1 aliphatic rings. The van der Waals surface area contributed by atoms with Crippen LogP contribution in [0.3, 0.4) is 0 Å². The van der Waals surface area contributed by atoms with E-state index in [0.29, 0.717) is 28.5 Å². The molecule has 2 aromatic heterocycles. The molecule has 1 atom stereocenters. The highest BCUT2D eigenvalue weighted by molar-refractivity contribution is 7.16. The number of carbonyl (C=O) groups excluding carboxylic acids is 1. The molecule has 3 heterocycles. The maximum Gasteiger partial charge on any atom is 0.266 e. The molecule has 1 N–H and O–H groups in total. The van der Waals surface area contributed by atoms with Crippen molar-refractivity contribution in [3.63, 3.8) is 0 Å². The van der Waals surface area contributed by atoms with Crippen LogP contribution in [0.25, 0.3) is 10.6 Å². The molecule has 1 saturated heterocycles. The highest BCUT2D eigenvalue weighted by atomic mass is 35.5. The van der Waals surface area contributed by atoms with Crippen molar-refractivity contribution in [1.29, 1.82) is 0 Å². The quantitative estimate of drug-likeness (QED) is 0.674. The van der Waals surface area contributed by atoms with Gasteiger partial charge in [-0.1, -0.05) is 12.1 Å². The first kappa shape index (κ1) is 22.3. The van der Waals surface area contributed by atoms with E-state index in [2.05, 4.69) is 15.3 Å². The summed E-state index contributed by atoms with van der Waals surface area (Å²) in [5.41, 5.74) is 0.414. The summed E-state index contributed by atoms with van der Waals surface area (Å²) in [5.74, 6) is 0.401. The van der Waals surface area contributed by atoms with E-state index >= 15 is 0 Å². The van der Waals surface area contributed by atoms with Crippen LogP contribution in [0, 0.1) is 5.82 Å². The van der Waals surface area contributed by atoms with Gasteiger partial charge in [-0.2, -0.15) is 0 Å². The van der Waals surface area contributed by atoms with Gasteiger partial charge in [-0.3, -0.25) is 4.79 Å². The van der Waals surface area contributed by atoms with Crippen LogP contribution in [-0.4, -0.2) is 45.0 Å². The number of nitrogens with one attached hydrogen (secondary N) is 1. The second kappa shape index (κ2) is 9.47. The minimum atomic E-state index is -0.339. The van der Waals surface area contributed by atoms with Gasteiger partial charge < -0.3 is 14.8 Å². The van der Waals surface area contributed by atoms with Crippen LogP contribution >= 0.6 is 36.2 Å². The Morgan fingerprint density at radius 1 is 1.29 bits per heavy atom. The Morgan fingerprint density at radius 3 is 2.79 bits per heavy atom. The van der Waals surface area contributed by atoms with Crippen molar-refractivity contribution in [1.82, 2.24) is 24.8 Å². The molecule has 28 heavy (non-hydrogen) atoms. The minimum absolute atomic E-state index is 0. The zero-order valence-corrected chi connectivity index (χ0v) is 17.5. The van der Waals surface area contributed by atoms with E-state index in [4.69, 9.17) is 0 Å². The molecule has 1 unspecified atom stereocenters. The fraction of sp³-hybridized carbons (Fsp3) is 0.278. The number of imidazole rings is 1. The fourth-order valence-electron chi connectivity index (χ4n) is 3.15. The number of rotatable bonds is 3. The van der Waals surface area contributed by atoms with Crippen molar-refractivity contribution in [3.8, 4) is 10.6 Å². The van der Waals surface area contributed by atoms with E-state index in [1.54, 1.807) is 24.4 Å². The van der Waals surface area contributed by atoms with Gasteiger partial charge in [0.25, 0.3) is 5.91 Å². The molecule has 0 spiro atoms. The highest BCUT2D eigenvalue weighted by Gasteiger charge is 2.32. The second-order valence-electron chi connectivity index (χ2n) is 6.12. The van der Waals surface area contributed by atoms with E-state index < -0.39 is 0 Å². The zero-order valence-electron chi connectivity index (χ0n) is 15.0. The maximum atomic E-state index is 14.0. The fourth-order valence-corrected chi connectivity index (χ4v) is 4.05. The normalized spacial score (nSPS) is 16.2. The Balaban J connectivity index is 0.00000140. The Labute approximate surface area is 178 Å². The van der Waals surface area contributed by atoms with Gasteiger partial charge in [-0.25, -0.2) is 14.4 Å². The molecule has 1 aliphatic heterocycles. The van der Waals surface area contributed by atoms with Gasteiger partial charge in [-0.15, -0.1) is 36.2 Å². The van der Waals surface area contributed by atoms with Gasteiger partial charge in [0.15, 0.2) is 0 Å². The third-order valence-electron chi connectivity index (χ3n) is 4.48. The van der Waals surface area contributed by atoms with E-state index in [9.17, 15) is 9.18 Å². The lowest BCUT2D eigenvalue weighted by atomic mass is 10.1. The molecular weight excluding hydrogens is 424 g/mol. The topological polar surface area (TPSA) is 63.1 Å². The third-order valence-corrected chi connectivity index (χ3v) is 5.50. The van der Waals surface area contributed by atoms with Gasteiger partial charge in [0.2, 0.25) is 0 Å². The number of aromatic nitrogens is 3. The number of halogens is 3. The standard InChI is InChI=1S/C18H18FN5OS.2ClH/c1-23-8-7-21-16(23)14-10-20-6-9-24(14)18(25)15-11-22-17(26-15)12-4-2-3-5-13(12)19;;/h2-5,7-8,11,14,20H,6,9-10H2,1H3;2*1H. The molecule has 10 heteroatoms. The molecule has 1 amide bonds. The van der Waals surface area contributed by atoms with Crippen molar-refractivity contribution < 1.29 is 9.18 Å². The lowest BCUT2D eigenvalue weighted by molar-refractivity contribution is 0.0625. The summed E-state index contributed by atoms with van der Waals surface area (Å²) in [4.78, 5) is 24.1. The van der Waals surface area contributed by atoms with Crippen LogP contribution in [0.5, 0.6) is 0 Å². The summed E-state index contributed by atoms with van der Waals surface area (Å²) in [6.07, 6.45) is 5.14. The van der Waals surface area contributed by atoms with E-state index in [1.807, 2.05) is 22.7 Å². The average Bonchev–Trinajstić information content (AvgIpc) is 3.31. The lowest BCUT2D eigenvalue weighted by Crippen LogP contribution is -2.49. The molecule has 1 aromatic carbocycles. The van der Waals surface area contributed by atoms with Gasteiger partial charge in [0.05, 0.1) is 6.20 Å². The van der Waals surface area contributed by atoms with E-state index in [1.165, 1.54) is 23.6 Å². The summed E-state index contributed by atoms with van der Waals surface area (Å²) < 4.78 is 15.9. The van der Waals surface area contributed by atoms with Crippen molar-refractivity contribution in [2.45, 2.75) is 6.04 Å². The number of carbonyl (C=O) groups is 1. The van der Waals surface area contributed by atoms with Crippen molar-refractivity contribution >= 4 is 42.1 Å². The number of nitrogens with zero attached hydrogens (tertiary/aromatic N) is 4. The number of piperazine rings is 1. The predicted octanol–water partition coefficient (Wildman–Crippen LogP) is 3.31. The molecular formula is C18H20Cl2FN5OS. The first-order valence-corrected chi connectivity index (χ1v) is 9.16. The number of amides is 1. The Kier molecular flexibility index (Phi) is 7.54. The minimum Gasteiger partial charge on any atom is -0.336 e. The van der Waals surface area contributed by atoms with Crippen LogP contribution in [0.4, 0.5) is 4.39 Å². The van der Waals surface area contributed by atoms with E-state index in [0.717, 1.165) is 12.4 Å². The highest BCUT2D eigenvalue weighted by Crippen LogP contribution is 2.30. The average molecular weight is 444 g/mol. The molecule has 150 valence electrons. The molecule has 0 saturated carbocycles. The number of aryl methyl sites for hydroxylation is 1. The molecule has 6 nitrogen and oxygen atoms in total. The molecule has 4 rings (SSSR count). The van der Waals surface area contributed by atoms with Gasteiger partial charge >= 0.3 is 0 Å². The number of thiazole rings is 1. The van der Waals surface area contributed by atoms with Crippen molar-refractivity contribution in [2.75, 3.05) is 19.6 Å². The third kappa shape index (κ3) is 4.20. The maximum absolute atomic E-state index is 14.0. The molecule has 3 aromatic rings. The number of hydrogen-bond acceptors (Lipinski definition) is 5. The first-order chi connectivity index (χ1) is 12.6. The Hall–Kier alpha value is -2.00. The molecule has 0 aliphatic carbocycles. The van der Waals surface area contributed by atoms with Gasteiger partial charge in [-0.05, 0) is 12.1 Å². The van der Waals surface area contributed by atoms with Crippen LogP contribution in [-0.2, 0) is 7.05 Å². The smallest absolute Gasteiger partial charge is 0.266 e. The lowest BCUT2D eigenvalue weighted by Gasteiger charge is -2.35. The monoisotopic (exact) mass is 443 g/mol. The molecule has 0 radical (unpaired) electrons. The summed E-state index contributed by atoms with van der Waals surface area (Å²) in [7, 11) is 1.92. The van der Waals surface area contributed by atoms with Crippen LogP contribution in [0.2, 0.25) is 0 Å². The Bertz CT molecular complexity index is 947. The van der Waals surface area contributed by atoms with Gasteiger partial charge in [0.1, 0.15) is 27.6 Å². The van der Waals surface area contributed by atoms with Crippen LogP contribution in [0.1, 0.15) is 21.5 Å². The second-order valence-corrected chi connectivity index (χ2v) is 7.15. The van der Waals surface area contributed by atoms with Crippen LogP contribution < -0.4 is 5.32 Å². The number of benzene rings is 1. The summed E-state index contributed by atoms with van der Waals surface area (Å²) >= 11 is 1.22.